The van der Waals surface area contributed by atoms with E-state index in [1.807, 2.05) is 6.07 Å². The van der Waals surface area contributed by atoms with Gasteiger partial charge in [-0.3, -0.25) is 4.79 Å². The number of nitrogens with zero attached hydrogens (tertiary/aromatic N) is 1. The van der Waals surface area contributed by atoms with Gasteiger partial charge in [0.2, 0.25) is 0 Å². The number of carbonyl (C=O) groups excluding carboxylic acids is 1. The third-order valence-electron chi connectivity index (χ3n) is 4.27. The van der Waals surface area contributed by atoms with E-state index in [0.29, 0.717) is 12.3 Å². The van der Waals surface area contributed by atoms with E-state index in [9.17, 15) is 14.4 Å². The highest BCUT2D eigenvalue weighted by atomic mass is 35.5. The summed E-state index contributed by atoms with van der Waals surface area (Å²) in [4.78, 5) is 12.2. The number of halogens is 2. The molecule has 1 fully saturated rings. The topological polar surface area (TPSA) is 40.9 Å². The average molecular weight is 308 g/mol. The van der Waals surface area contributed by atoms with Crippen LogP contribution in [0.3, 0.4) is 0 Å². The van der Waals surface area contributed by atoms with Crippen LogP contribution in [-0.2, 0) is 4.79 Å². The Labute approximate surface area is 129 Å². The molecular formula is C17H19ClFNO. The Bertz CT molecular complexity index is 546. The van der Waals surface area contributed by atoms with Gasteiger partial charge in [0, 0.05) is 12.0 Å². The number of hydrogen-bond acceptors (Lipinski definition) is 2. The Kier molecular flexibility index (Phi) is 5.76. The van der Waals surface area contributed by atoms with Gasteiger partial charge in [0.15, 0.2) is 5.78 Å². The minimum atomic E-state index is -1.05. The summed E-state index contributed by atoms with van der Waals surface area (Å²) in [5.74, 6) is -1.33. The largest absolute Gasteiger partial charge is 0.298 e. The molecule has 4 heteroatoms. The molecule has 1 aromatic carbocycles. The van der Waals surface area contributed by atoms with Gasteiger partial charge in [0.25, 0.3) is 0 Å². The molecule has 1 aliphatic rings. The predicted molar refractivity (Wildman–Crippen MR) is 80.6 cm³/mol. The smallest absolute Gasteiger partial charge is 0.154 e. The van der Waals surface area contributed by atoms with Gasteiger partial charge in [-0.05, 0) is 18.4 Å². The summed E-state index contributed by atoms with van der Waals surface area (Å²) in [5.41, 5.74) is 0.0960. The van der Waals surface area contributed by atoms with E-state index in [0.717, 1.165) is 19.3 Å². The molecule has 0 radical (unpaired) electrons. The second-order valence-corrected chi connectivity index (χ2v) is 6.12. The quantitative estimate of drug-likeness (QED) is 0.766. The molecule has 0 bridgehead atoms. The molecule has 0 N–H and O–H groups in total. The number of benzene rings is 1. The third kappa shape index (κ3) is 4.04. The lowest BCUT2D eigenvalue weighted by atomic mass is 9.84. The van der Waals surface area contributed by atoms with Crippen LogP contribution in [0.5, 0.6) is 0 Å². The molecule has 0 heterocycles. The molecule has 1 atom stereocenters. The van der Waals surface area contributed by atoms with E-state index in [1.54, 1.807) is 6.07 Å². The summed E-state index contributed by atoms with van der Waals surface area (Å²) in [6.45, 7) is 0. The normalized spacial score (nSPS) is 17.2. The van der Waals surface area contributed by atoms with E-state index < -0.39 is 11.7 Å². The van der Waals surface area contributed by atoms with E-state index >= 15 is 0 Å². The van der Waals surface area contributed by atoms with Crippen molar-refractivity contribution in [1.29, 1.82) is 5.26 Å². The van der Waals surface area contributed by atoms with Crippen molar-refractivity contribution < 1.29 is 9.18 Å². The van der Waals surface area contributed by atoms with E-state index in [4.69, 9.17) is 11.6 Å². The molecule has 0 spiro atoms. The number of Topliss-reactive ketones (excluding diaryl/α,β-unsaturated/α-hetero) is 1. The summed E-state index contributed by atoms with van der Waals surface area (Å²) in [6, 6.07) is 6.38. The second kappa shape index (κ2) is 7.56. The fourth-order valence-electron chi connectivity index (χ4n) is 3.02. The molecule has 112 valence electrons. The molecule has 1 aromatic rings. The number of ketones is 1. The van der Waals surface area contributed by atoms with Crippen LogP contribution in [0.15, 0.2) is 18.2 Å². The van der Waals surface area contributed by atoms with Gasteiger partial charge in [-0.1, -0.05) is 55.8 Å². The third-order valence-corrected chi connectivity index (χ3v) is 4.56. The lowest BCUT2D eigenvalue weighted by Gasteiger charge is -2.21. The molecule has 1 unspecified atom stereocenters. The Hall–Kier alpha value is -1.40. The van der Waals surface area contributed by atoms with Crippen molar-refractivity contribution in [1.82, 2.24) is 0 Å². The number of carbonyl (C=O) groups is 1. The Balaban J connectivity index is 2.01. The number of hydrogen-bond donors (Lipinski definition) is 0. The Morgan fingerprint density at radius 1 is 1.38 bits per heavy atom. The van der Waals surface area contributed by atoms with Crippen molar-refractivity contribution in [3.8, 4) is 6.07 Å². The highest BCUT2D eigenvalue weighted by Gasteiger charge is 2.25. The zero-order valence-electron chi connectivity index (χ0n) is 11.9. The summed E-state index contributed by atoms with van der Waals surface area (Å²) in [6.07, 6.45) is 7.20. The fraction of sp³-hybridized carbons (Fsp3) is 0.529. The van der Waals surface area contributed by atoms with Gasteiger partial charge in [-0.25, -0.2) is 4.39 Å². The predicted octanol–water partition coefficient (Wildman–Crippen LogP) is 5.02. The van der Waals surface area contributed by atoms with Crippen LogP contribution in [0, 0.1) is 23.1 Å². The lowest BCUT2D eigenvalue weighted by molar-refractivity contribution is -0.119. The minimum absolute atomic E-state index is 0.0483. The van der Waals surface area contributed by atoms with E-state index in [-0.39, 0.29) is 16.4 Å². The lowest BCUT2D eigenvalue weighted by Crippen LogP contribution is -2.15. The van der Waals surface area contributed by atoms with Crippen molar-refractivity contribution in [3.63, 3.8) is 0 Å². The first-order valence-corrected chi connectivity index (χ1v) is 7.87. The molecule has 1 saturated carbocycles. The summed E-state index contributed by atoms with van der Waals surface area (Å²) in [5, 5.41) is 9.17. The van der Waals surface area contributed by atoms with Crippen LogP contribution in [0.2, 0.25) is 5.02 Å². The van der Waals surface area contributed by atoms with Gasteiger partial charge < -0.3 is 0 Å². The number of rotatable bonds is 5. The fourth-order valence-corrected chi connectivity index (χ4v) is 3.21. The van der Waals surface area contributed by atoms with Gasteiger partial charge >= 0.3 is 0 Å². The van der Waals surface area contributed by atoms with Crippen LogP contribution in [0.4, 0.5) is 4.39 Å². The van der Waals surface area contributed by atoms with Crippen molar-refractivity contribution in [2.45, 2.75) is 50.9 Å². The van der Waals surface area contributed by atoms with E-state index in [2.05, 4.69) is 0 Å². The molecule has 2 nitrogen and oxygen atoms in total. The molecule has 0 saturated heterocycles. The Morgan fingerprint density at radius 3 is 2.76 bits per heavy atom. The van der Waals surface area contributed by atoms with Gasteiger partial charge in [0.05, 0.1) is 11.1 Å². The zero-order chi connectivity index (χ0) is 15.2. The van der Waals surface area contributed by atoms with Gasteiger partial charge in [-0.15, -0.1) is 0 Å². The molecular weight excluding hydrogens is 289 g/mol. The number of nitriles is 1. The van der Waals surface area contributed by atoms with Crippen molar-refractivity contribution >= 4 is 17.4 Å². The maximum Gasteiger partial charge on any atom is 0.154 e. The first kappa shape index (κ1) is 16.0. The summed E-state index contributed by atoms with van der Waals surface area (Å²) in [7, 11) is 0. The standard InChI is InChI=1S/C17H19ClFNO/c18-15-8-4-7-13(17(15)19)14(11-20)16(21)10-9-12-5-2-1-3-6-12/h4,7-8,12,14H,1-3,5-6,9-10H2. The van der Waals surface area contributed by atoms with Crippen molar-refractivity contribution in [3.05, 3.63) is 34.6 Å². The Morgan fingerprint density at radius 2 is 2.10 bits per heavy atom. The average Bonchev–Trinajstić information content (AvgIpc) is 2.51. The summed E-state index contributed by atoms with van der Waals surface area (Å²) < 4.78 is 14.0. The first-order chi connectivity index (χ1) is 10.1. The second-order valence-electron chi connectivity index (χ2n) is 5.71. The maximum absolute atomic E-state index is 14.0. The van der Waals surface area contributed by atoms with E-state index in [1.165, 1.54) is 31.4 Å². The van der Waals surface area contributed by atoms with Gasteiger partial charge in [-0.2, -0.15) is 5.26 Å². The highest BCUT2D eigenvalue weighted by Crippen LogP contribution is 2.30. The molecule has 1 aliphatic carbocycles. The van der Waals surface area contributed by atoms with Crippen LogP contribution >= 0.6 is 11.6 Å². The monoisotopic (exact) mass is 307 g/mol. The molecule has 2 rings (SSSR count). The maximum atomic E-state index is 14.0. The zero-order valence-corrected chi connectivity index (χ0v) is 12.7. The molecule has 0 aromatic heterocycles. The van der Waals surface area contributed by atoms with Crippen LogP contribution in [-0.4, -0.2) is 5.78 Å². The van der Waals surface area contributed by atoms with Crippen LogP contribution in [0.1, 0.15) is 56.4 Å². The molecule has 0 aliphatic heterocycles. The first-order valence-electron chi connectivity index (χ1n) is 7.49. The van der Waals surface area contributed by atoms with Gasteiger partial charge in [0.1, 0.15) is 11.7 Å². The van der Waals surface area contributed by atoms with Crippen molar-refractivity contribution in [2.75, 3.05) is 0 Å². The minimum Gasteiger partial charge on any atom is -0.298 e. The van der Waals surface area contributed by atoms with Crippen molar-refractivity contribution in [2.24, 2.45) is 5.92 Å². The summed E-state index contributed by atoms with van der Waals surface area (Å²) >= 11 is 5.72. The van der Waals surface area contributed by atoms with Crippen LogP contribution in [0.25, 0.3) is 0 Å². The SMILES string of the molecule is N#CC(C(=O)CCC1CCCCC1)c1cccc(Cl)c1F. The molecule has 0 amide bonds. The highest BCUT2D eigenvalue weighted by molar-refractivity contribution is 6.30. The molecule has 21 heavy (non-hydrogen) atoms. The van der Waals surface area contributed by atoms with Crippen LogP contribution < -0.4 is 0 Å².